The van der Waals surface area contributed by atoms with E-state index in [1.54, 1.807) is 22.4 Å². The highest BCUT2D eigenvalue weighted by Gasteiger charge is 2.13. The molecule has 0 bridgehead atoms. The average Bonchev–Trinajstić information content (AvgIpc) is 2.77. The minimum absolute atomic E-state index is 0.0901. The molecule has 0 aliphatic heterocycles. The molecule has 1 amide bonds. The summed E-state index contributed by atoms with van der Waals surface area (Å²) in [5.74, 6) is 0.0289. The summed E-state index contributed by atoms with van der Waals surface area (Å²) < 4.78 is 7.04. The second-order valence-electron chi connectivity index (χ2n) is 6.49. The maximum Gasteiger partial charge on any atom is 0.262 e. The normalized spacial score (nSPS) is 11.0. The monoisotopic (exact) mass is 443 g/mol. The van der Waals surface area contributed by atoms with Crippen LogP contribution >= 0.6 is 23.5 Å². The largest absolute Gasteiger partial charge is 0.382 e. The number of rotatable bonds is 10. The lowest BCUT2D eigenvalue weighted by Gasteiger charge is -2.13. The van der Waals surface area contributed by atoms with Crippen molar-refractivity contribution in [3.63, 3.8) is 0 Å². The van der Waals surface area contributed by atoms with E-state index in [1.807, 2.05) is 55.6 Å². The maximum atomic E-state index is 13.0. The van der Waals surface area contributed by atoms with Crippen molar-refractivity contribution >= 4 is 46.0 Å². The van der Waals surface area contributed by atoms with Crippen molar-refractivity contribution in [2.24, 2.45) is 0 Å². The van der Waals surface area contributed by atoms with Gasteiger partial charge in [0.25, 0.3) is 5.56 Å². The van der Waals surface area contributed by atoms with Crippen molar-refractivity contribution < 1.29 is 9.53 Å². The number of hydrogen-bond donors (Lipinski definition) is 1. The molecular weight excluding hydrogens is 418 g/mol. The number of thioether (sulfide) groups is 2. The standard InChI is InChI=1S/C22H25N3O3S2/c1-3-28-13-7-12-25-21(27)18-10-4-5-11-19(18)24-22(25)30-15-20(26)23-16-8-6-9-17(14-16)29-2/h4-6,8-11,14H,3,7,12-13,15H2,1-2H3,(H,23,26). The summed E-state index contributed by atoms with van der Waals surface area (Å²) in [6.45, 7) is 3.66. The topological polar surface area (TPSA) is 73.2 Å². The SMILES string of the molecule is CCOCCCn1c(SCC(=O)Nc2cccc(SC)c2)nc2ccccc2c1=O. The van der Waals surface area contributed by atoms with Gasteiger partial charge in [-0.25, -0.2) is 4.98 Å². The first-order valence-corrected chi connectivity index (χ1v) is 12.0. The fourth-order valence-electron chi connectivity index (χ4n) is 2.95. The first-order valence-electron chi connectivity index (χ1n) is 9.76. The lowest BCUT2D eigenvalue weighted by molar-refractivity contribution is -0.113. The Morgan fingerprint density at radius 2 is 2.03 bits per heavy atom. The highest BCUT2D eigenvalue weighted by atomic mass is 32.2. The van der Waals surface area contributed by atoms with Gasteiger partial charge in [-0.15, -0.1) is 11.8 Å². The van der Waals surface area contributed by atoms with Crippen LogP contribution in [0.1, 0.15) is 13.3 Å². The average molecular weight is 444 g/mol. The molecule has 0 unspecified atom stereocenters. The quantitative estimate of drug-likeness (QED) is 0.286. The van der Waals surface area contributed by atoms with E-state index in [2.05, 4.69) is 10.3 Å². The van der Waals surface area contributed by atoms with E-state index in [9.17, 15) is 9.59 Å². The Kier molecular flexibility index (Phi) is 8.36. The van der Waals surface area contributed by atoms with E-state index in [4.69, 9.17) is 4.74 Å². The highest BCUT2D eigenvalue weighted by molar-refractivity contribution is 7.99. The van der Waals surface area contributed by atoms with Crippen LogP contribution in [0.2, 0.25) is 0 Å². The van der Waals surface area contributed by atoms with Crippen LogP contribution in [0, 0.1) is 0 Å². The number of aromatic nitrogens is 2. The summed E-state index contributed by atoms with van der Waals surface area (Å²) in [7, 11) is 0. The molecule has 1 N–H and O–H groups in total. The van der Waals surface area contributed by atoms with Gasteiger partial charge in [0.15, 0.2) is 5.16 Å². The Morgan fingerprint density at radius 1 is 1.20 bits per heavy atom. The summed E-state index contributed by atoms with van der Waals surface area (Å²) in [4.78, 5) is 31.2. The van der Waals surface area contributed by atoms with Crippen LogP contribution in [0.5, 0.6) is 0 Å². The van der Waals surface area contributed by atoms with E-state index in [1.165, 1.54) is 11.8 Å². The van der Waals surface area contributed by atoms with E-state index >= 15 is 0 Å². The van der Waals surface area contributed by atoms with Gasteiger partial charge in [0.05, 0.1) is 16.7 Å². The Labute approximate surface area is 184 Å². The summed E-state index contributed by atoms with van der Waals surface area (Å²) >= 11 is 2.89. The predicted octanol–water partition coefficient (Wildman–Crippen LogP) is 4.28. The fraction of sp³-hybridized carbons (Fsp3) is 0.318. The first kappa shape index (κ1) is 22.4. The van der Waals surface area contributed by atoms with Gasteiger partial charge in [-0.3, -0.25) is 14.2 Å². The fourth-order valence-corrected chi connectivity index (χ4v) is 4.24. The van der Waals surface area contributed by atoms with Gasteiger partial charge >= 0.3 is 0 Å². The van der Waals surface area contributed by atoms with Gasteiger partial charge < -0.3 is 10.1 Å². The lowest BCUT2D eigenvalue weighted by atomic mass is 10.2. The molecule has 3 rings (SSSR count). The van der Waals surface area contributed by atoms with Crippen LogP contribution in [-0.2, 0) is 16.1 Å². The number of ether oxygens (including phenoxy) is 1. The maximum absolute atomic E-state index is 13.0. The van der Waals surface area contributed by atoms with E-state index in [0.29, 0.717) is 42.2 Å². The third-order valence-corrected chi connectivity index (χ3v) is 6.09. The van der Waals surface area contributed by atoms with Gasteiger partial charge in [0.2, 0.25) is 5.91 Å². The molecule has 3 aromatic rings. The number of fused-ring (bicyclic) bond motifs is 1. The van der Waals surface area contributed by atoms with Crippen molar-refractivity contribution in [2.75, 3.05) is 30.5 Å². The van der Waals surface area contributed by atoms with Gasteiger partial charge in [-0.2, -0.15) is 0 Å². The predicted molar refractivity (Wildman–Crippen MR) is 125 cm³/mol. The summed E-state index contributed by atoms with van der Waals surface area (Å²) in [5, 5.41) is 4.03. The number of para-hydroxylation sites is 1. The minimum Gasteiger partial charge on any atom is -0.382 e. The Morgan fingerprint density at radius 3 is 2.83 bits per heavy atom. The number of carbonyl (C=O) groups is 1. The molecule has 0 spiro atoms. The Bertz CT molecular complexity index is 1070. The molecule has 2 aromatic carbocycles. The molecule has 8 heteroatoms. The molecule has 158 valence electrons. The van der Waals surface area contributed by atoms with E-state index in [-0.39, 0.29) is 17.2 Å². The van der Waals surface area contributed by atoms with Crippen LogP contribution in [0.4, 0.5) is 5.69 Å². The van der Waals surface area contributed by atoms with Crippen LogP contribution in [0.15, 0.2) is 63.4 Å². The molecule has 0 aliphatic carbocycles. The van der Waals surface area contributed by atoms with Crippen LogP contribution in [0.25, 0.3) is 10.9 Å². The molecule has 0 fully saturated rings. The zero-order chi connectivity index (χ0) is 21.3. The molecule has 0 saturated carbocycles. The third kappa shape index (κ3) is 5.87. The van der Waals surface area contributed by atoms with Crippen molar-refractivity contribution in [3.05, 3.63) is 58.9 Å². The molecule has 30 heavy (non-hydrogen) atoms. The van der Waals surface area contributed by atoms with Crippen molar-refractivity contribution in [2.45, 2.75) is 29.9 Å². The van der Waals surface area contributed by atoms with Gasteiger partial charge in [-0.1, -0.05) is 30.0 Å². The molecule has 0 aliphatic rings. The number of anilines is 1. The molecule has 1 aromatic heterocycles. The van der Waals surface area contributed by atoms with Gasteiger partial charge in [-0.05, 0) is 49.9 Å². The summed E-state index contributed by atoms with van der Waals surface area (Å²) in [6.07, 6.45) is 2.70. The third-order valence-electron chi connectivity index (χ3n) is 4.39. The van der Waals surface area contributed by atoms with Crippen LogP contribution in [-0.4, -0.2) is 40.7 Å². The van der Waals surface area contributed by atoms with Gasteiger partial charge in [0, 0.05) is 30.3 Å². The number of nitrogens with zero attached hydrogens (tertiary/aromatic N) is 2. The number of benzene rings is 2. The zero-order valence-electron chi connectivity index (χ0n) is 17.1. The molecule has 0 saturated heterocycles. The number of amides is 1. The van der Waals surface area contributed by atoms with Crippen LogP contribution < -0.4 is 10.9 Å². The van der Waals surface area contributed by atoms with E-state index < -0.39 is 0 Å². The molecule has 1 heterocycles. The number of nitrogens with one attached hydrogen (secondary N) is 1. The van der Waals surface area contributed by atoms with Gasteiger partial charge in [0.1, 0.15) is 0 Å². The first-order chi connectivity index (χ1) is 14.6. The summed E-state index contributed by atoms with van der Waals surface area (Å²) in [5.41, 5.74) is 1.31. The van der Waals surface area contributed by atoms with Crippen molar-refractivity contribution in [1.82, 2.24) is 9.55 Å². The molecule has 0 radical (unpaired) electrons. The Balaban J connectivity index is 1.76. The molecular formula is C22H25N3O3S2. The zero-order valence-corrected chi connectivity index (χ0v) is 18.7. The number of carbonyl (C=O) groups excluding carboxylic acids is 1. The second kappa shape index (κ2) is 11.2. The Hall–Kier alpha value is -2.29. The number of hydrogen-bond acceptors (Lipinski definition) is 6. The smallest absolute Gasteiger partial charge is 0.262 e. The van der Waals surface area contributed by atoms with Crippen LogP contribution in [0.3, 0.4) is 0 Å². The van der Waals surface area contributed by atoms with Crippen molar-refractivity contribution in [3.8, 4) is 0 Å². The highest BCUT2D eigenvalue weighted by Crippen LogP contribution is 2.21. The minimum atomic E-state index is -0.137. The van der Waals surface area contributed by atoms with E-state index in [0.717, 1.165) is 10.6 Å². The lowest BCUT2D eigenvalue weighted by Crippen LogP contribution is -2.25. The molecule has 0 atom stereocenters. The van der Waals surface area contributed by atoms with Crippen molar-refractivity contribution in [1.29, 1.82) is 0 Å². The summed E-state index contributed by atoms with van der Waals surface area (Å²) in [6, 6.07) is 15.0. The second-order valence-corrected chi connectivity index (χ2v) is 8.31. The molecule has 6 nitrogen and oxygen atoms in total.